The van der Waals surface area contributed by atoms with E-state index in [9.17, 15) is 0 Å². The molecular weight excluding hydrogens is 408 g/mol. The second-order valence-electron chi connectivity index (χ2n) is 7.92. The van der Waals surface area contributed by atoms with Gasteiger partial charge in [0.1, 0.15) is 5.82 Å². The molecule has 0 aliphatic carbocycles. The average Bonchev–Trinajstić information content (AvgIpc) is 3.17. The first kappa shape index (κ1) is 20.0. The topological polar surface area (TPSA) is 50.1 Å². The Morgan fingerprint density at radius 3 is 2.42 bits per heavy atom. The number of nitrogens with zero attached hydrogens (tertiary/aromatic N) is 6. The van der Waals surface area contributed by atoms with Crippen molar-refractivity contribution in [3.63, 3.8) is 0 Å². The molecule has 1 saturated heterocycles. The number of benzene rings is 2. The Labute approximate surface area is 187 Å². The van der Waals surface area contributed by atoms with Crippen molar-refractivity contribution in [2.75, 3.05) is 31.1 Å². The highest BCUT2D eigenvalue weighted by molar-refractivity contribution is 6.31. The molecule has 3 heterocycles. The van der Waals surface area contributed by atoms with Gasteiger partial charge in [0.15, 0.2) is 0 Å². The van der Waals surface area contributed by atoms with Crippen LogP contribution in [0.15, 0.2) is 67.0 Å². The van der Waals surface area contributed by atoms with E-state index >= 15 is 0 Å². The average molecular weight is 433 g/mol. The molecule has 6 nitrogen and oxygen atoms in total. The summed E-state index contributed by atoms with van der Waals surface area (Å²) in [5.74, 6) is 1.88. The van der Waals surface area contributed by atoms with Crippen molar-refractivity contribution in [3.05, 3.63) is 83.4 Å². The number of imidazole rings is 1. The van der Waals surface area contributed by atoms with Gasteiger partial charge in [-0.1, -0.05) is 41.9 Å². The van der Waals surface area contributed by atoms with Crippen LogP contribution >= 0.6 is 11.6 Å². The molecule has 2 aromatic heterocycles. The van der Waals surface area contributed by atoms with Crippen LogP contribution in [0.4, 0.5) is 5.95 Å². The first-order valence-electron chi connectivity index (χ1n) is 10.6. The molecule has 0 N–H and O–H groups in total. The molecule has 5 rings (SSSR count). The summed E-state index contributed by atoms with van der Waals surface area (Å²) in [7, 11) is 0. The van der Waals surface area contributed by atoms with Gasteiger partial charge in [-0.25, -0.2) is 15.0 Å². The van der Waals surface area contributed by atoms with Crippen LogP contribution in [0.3, 0.4) is 0 Å². The predicted molar refractivity (Wildman–Crippen MR) is 125 cm³/mol. The molecule has 0 unspecified atom stereocenters. The minimum absolute atomic E-state index is 0.189. The number of fused-ring (bicyclic) bond motifs is 1. The molecule has 2 aromatic carbocycles. The summed E-state index contributed by atoms with van der Waals surface area (Å²) in [6.45, 7) is 6.72. The van der Waals surface area contributed by atoms with Crippen LogP contribution in [0.2, 0.25) is 5.02 Å². The van der Waals surface area contributed by atoms with E-state index < -0.39 is 0 Å². The molecule has 1 aliphatic rings. The Kier molecular flexibility index (Phi) is 5.57. The maximum Gasteiger partial charge on any atom is 0.225 e. The number of aromatic nitrogens is 4. The molecule has 0 bridgehead atoms. The van der Waals surface area contributed by atoms with E-state index in [2.05, 4.69) is 67.7 Å². The van der Waals surface area contributed by atoms with Crippen molar-refractivity contribution in [3.8, 4) is 0 Å². The lowest BCUT2D eigenvalue weighted by atomic mass is 10.2. The van der Waals surface area contributed by atoms with Gasteiger partial charge in [0.25, 0.3) is 0 Å². The lowest BCUT2D eigenvalue weighted by molar-refractivity contribution is 0.188. The summed E-state index contributed by atoms with van der Waals surface area (Å²) in [4.78, 5) is 18.5. The predicted octanol–water partition coefficient (Wildman–Crippen LogP) is 4.41. The maximum absolute atomic E-state index is 6.27. The summed E-state index contributed by atoms with van der Waals surface area (Å²) in [6.07, 6.45) is 3.60. The number of piperazine rings is 1. The number of anilines is 1. The van der Waals surface area contributed by atoms with Gasteiger partial charge in [-0.05, 0) is 36.8 Å². The Morgan fingerprint density at radius 2 is 1.68 bits per heavy atom. The molecule has 0 amide bonds. The molecular formula is C24H25ClN6. The summed E-state index contributed by atoms with van der Waals surface area (Å²) in [5.41, 5.74) is 3.32. The molecule has 7 heteroatoms. The minimum Gasteiger partial charge on any atom is -0.338 e. The number of halogens is 1. The van der Waals surface area contributed by atoms with Crippen LogP contribution < -0.4 is 4.90 Å². The van der Waals surface area contributed by atoms with Crippen molar-refractivity contribution < 1.29 is 0 Å². The van der Waals surface area contributed by atoms with E-state index in [1.807, 2.05) is 18.2 Å². The lowest BCUT2D eigenvalue weighted by Gasteiger charge is -2.37. The van der Waals surface area contributed by atoms with E-state index in [1.165, 1.54) is 5.56 Å². The molecule has 4 aromatic rings. The maximum atomic E-state index is 6.27. The van der Waals surface area contributed by atoms with Crippen LogP contribution in [0.5, 0.6) is 0 Å². The molecule has 1 atom stereocenters. The molecule has 158 valence electrons. The van der Waals surface area contributed by atoms with E-state index in [4.69, 9.17) is 16.6 Å². The summed E-state index contributed by atoms with van der Waals surface area (Å²) in [6, 6.07) is 18.6. The van der Waals surface area contributed by atoms with E-state index in [-0.39, 0.29) is 6.04 Å². The SMILES string of the molecule is C[C@@H](c1nc2cc(Cl)ccc2n1Cc1ccccc1)N1CCN(c2ncccn2)CC1. The zero-order chi connectivity index (χ0) is 21.2. The molecule has 1 fully saturated rings. The van der Waals surface area contributed by atoms with Crippen molar-refractivity contribution >= 4 is 28.6 Å². The van der Waals surface area contributed by atoms with Crippen LogP contribution in [0.25, 0.3) is 11.0 Å². The summed E-state index contributed by atoms with van der Waals surface area (Å²) >= 11 is 6.27. The fraction of sp³-hybridized carbons (Fsp3) is 0.292. The first-order chi connectivity index (χ1) is 15.2. The lowest BCUT2D eigenvalue weighted by Crippen LogP contribution is -2.48. The van der Waals surface area contributed by atoms with Gasteiger partial charge in [-0.3, -0.25) is 4.90 Å². The normalized spacial score (nSPS) is 16.0. The van der Waals surface area contributed by atoms with Gasteiger partial charge in [0.05, 0.1) is 17.1 Å². The Morgan fingerprint density at radius 1 is 0.935 bits per heavy atom. The van der Waals surface area contributed by atoms with Gasteiger partial charge in [0, 0.05) is 50.1 Å². The van der Waals surface area contributed by atoms with Crippen LogP contribution in [0.1, 0.15) is 24.4 Å². The monoisotopic (exact) mass is 432 g/mol. The molecule has 31 heavy (non-hydrogen) atoms. The van der Waals surface area contributed by atoms with E-state index in [0.717, 1.165) is 55.5 Å². The Hall–Kier alpha value is -2.96. The Bertz CT molecular complexity index is 1150. The van der Waals surface area contributed by atoms with E-state index in [0.29, 0.717) is 5.02 Å². The van der Waals surface area contributed by atoms with E-state index in [1.54, 1.807) is 12.4 Å². The van der Waals surface area contributed by atoms with Gasteiger partial charge in [-0.2, -0.15) is 0 Å². The highest BCUT2D eigenvalue weighted by atomic mass is 35.5. The molecule has 0 saturated carbocycles. The van der Waals surface area contributed by atoms with Gasteiger partial charge in [-0.15, -0.1) is 0 Å². The van der Waals surface area contributed by atoms with Gasteiger partial charge in [0.2, 0.25) is 5.95 Å². The van der Waals surface area contributed by atoms with Gasteiger partial charge >= 0.3 is 0 Å². The second-order valence-corrected chi connectivity index (χ2v) is 8.36. The van der Waals surface area contributed by atoms with Gasteiger partial charge < -0.3 is 9.47 Å². The van der Waals surface area contributed by atoms with Crippen LogP contribution in [-0.4, -0.2) is 50.6 Å². The summed E-state index contributed by atoms with van der Waals surface area (Å²) in [5, 5.41) is 0.715. The third kappa shape index (κ3) is 4.13. The highest BCUT2D eigenvalue weighted by Gasteiger charge is 2.27. The number of hydrogen-bond acceptors (Lipinski definition) is 5. The number of rotatable bonds is 5. The van der Waals surface area contributed by atoms with Crippen molar-refractivity contribution in [1.29, 1.82) is 0 Å². The zero-order valence-electron chi connectivity index (χ0n) is 17.5. The fourth-order valence-corrected chi connectivity index (χ4v) is 4.47. The smallest absolute Gasteiger partial charge is 0.225 e. The third-order valence-corrected chi connectivity index (χ3v) is 6.23. The Balaban J connectivity index is 1.42. The third-order valence-electron chi connectivity index (χ3n) is 5.99. The fourth-order valence-electron chi connectivity index (χ4n) is 4.30. The largest absolute Gasteiger partial charge is 0.338 e. The second kappa shape index (κ2) is 8.65. The molecule has 0 radical (unpaired) electrons. The molecule has 1 aliphatic heterocycles. The zero-order valence-corrected chi connectivity index (χ0v) is 18.3. The minimum atomic E-state index is 0.189. The summed E-state index contributed by atoms with van der Waals surface area (Å²) < 4.78 is 2.33. The van der Waals surface area contributed by atoms with Crippen molar-refractivity contribution in [2.45, 2.75) is 19.5 Å². The first-order valence-corrected chi connectivity index (χ1v) is 11.0. The quantitative estimate of drug-likeness (QED) is 0.467. The van der Waals surface area contributed by atoms with Crippen molar-refractivity contribution in [2.24, 2.45) is 0 Å². The van der Waals surface area contributed by atoms with Crippen LogP contribution in [0, 0.1) is 0 Å². The standard InChI is InChI=1S/C24H25ClN6/c1-18(29-12-14-30(15-13-29)24-26-10-5-11-27-24)23-28-21-16-20(25)8-9-22(21)31(23)17-19-6-3-2-4-7-19/h2-11,16,18H,12-15,17H2,1H3/t18-/m0/s1. The molecule has 0 spiro atoms. The highest BCUT2D eigenvalue weighted by Crippen LogP contribution is 2.28. The van der Waals surface area contributed by atoms with Crippen LogP contribution in [-0.2, 0) is 6.54 Å². The number of hydrogen-bond donors (Lipinski definition) is 0. The van der Waals surface area contributed by atoms with Crippen molar-refractivity contribution in [1.82, 2.24) is 24.4 Å².